The Bertz CT molecular complexity index is 416. The van der Waals surface area contributed by atoms with E-state index < -0.39 is 0 Å². The summed E-state index contributed by atoms with van der Waals surface area (Å²) in [5, 5.41) is 9.58. The molecular weight excluding hydrogens is 290 g/mol. The second kappa shape index (κ2) is 8.64. The zero-order chi connectivity index (χ0) is 14.2. The molecule has 1 aliphatic rings. The van der Waals surface area contributed by atoms with Crippen LogP contribution in [0.15, 0.2) is 5.38 Å². The lowest BCUT2D eigenvalue weighted by Gasteiger charge is -2.22. The fourth-order valence-electron chi connectivity index (χ4n) is 2.36. The molecule has 0 aromatic carbocycles. The highest BCUT2D eigenvalue weighted by atomic mass is 32.2. The number of amides is 1. The van der Waals surface area contributed by atoms with E-state index in [1.54, 1.807) is 23.1 Å². The Hall–Kier alpha value is -0.590. The van der Waals surface area contributed by atoms with Gasteiger partial charge < -0.3 is 10.6 Å². The molecule has 0 unspecified atom stereocenters. The predicted molar refractivity (Wildman–Crippen MR) is 86.2 cm³/mol. The molecule has 1 fully saturated rings. The van der Waals surface area contributed by atoms with Gasteiger partial charge in [0.05, 0.1) is 16.5 Å². The number of carbonyl (C=O) groups excluding carboxylic acids is 1. The molecule has 1 aromatic rings. The summed E-state index contributed by atoms with van der Waals surface area (Å²) >= 11 is 3.30. The summed E-state index contributed by atoms with van der Waals surface area (Å²) in [5.74, 6) is 2.23. The van der Waals surface area contributed by atoms with Crippen molar-refractivity contribution in [3.8, 4) is 0 Å². The second-order valence-electron chi connectivity index (χ2n) is 5.20. The van der Waals surface area contributed by atoms with E-state index in [1.807, 2.05) is 6.92 Å². The SMILES string of the molecule is Cc1nc(CSCC(=O)NCC[C@H]2CCCNC2)cs1. The summed E-state index contributed by atoms with van der Waals surface area (Å²) in [6.07, 6.45) is 3.65. The van der Waals surface area contributed by atoms with Gasteiger partial charge in [0.2, 0.25) is 5.91 Å². The van der Waals surface area contributed by atoms with Crippen LogP contribution < -0.4 is 10.6 Å². The fraction of sp³-hybridized carbons (Fsp3) is 0.714. The zero-order valence-electron chi connectivity index (χ0n) is 12.0. The Morgan fingerprint density at radius 2 is 2.55 bits per heavy atom. The Labute approximate surface area is 129 Å². The summed E-state index contributed by atoms with van der Waals surface area (Å²) in [6, 6.07) is 0. The minimum absolute atomic E-state index is 0.144. The van der Waals surface area contributed by atoms with Gasteiger partial charge in [0.15, 0.2) is 0 Å². The van der Waals surface area contributed by atoms with Crippen molar-refractivity contribution in [3.05, 3.63) is 16.1 Å². The van der Waals surface area contributed by atoms with Crippen LogP contribution in [0.25, 0.3) is 0 Å². The maximum Gasteiger partial charge on any atom is 0.230 e. The summed E-state index contributed by atoms with van der Waals surface area (Å²) in [6.45, 7) is 5.07. The third-order valence-corrected chi connectivity index (χ3v) is 5.21. The van der Waals surface area contributed by atoms with Gasteiger partial charge in [-0.1, -0.05) is 0 Å². The van der Waals surface area contributed by atoms with Gasteiger partial charge in [-0.2, -0.15) is 0 Å². The number of aryl methyl sites for hydroxylation is 1. The van der Waals surface area contributed by atoms with Crippen LogP contribution in [0, 0.1) is 12.8 Å². The third kappa shape index (κ3) is 5.81. The Kier molecular flexibility index (Phi) is 6.82. The molecule has 1 amide bonds. The smallest absolute Gasteiger partial charge is 0.230 e. The molecule has 1 aromatic heterocycles. The lowest BCUT2D eigenvalue weighted by Crippen LogP contribution is -2.33. The van der Waals surface area contributed by atoms with Gasteiger partial charge in [0.25, 0.3) is 0 Å². The van der Waals surface area contributed by atoms with E-state index >= 15 is 0 Å². The van der Waals surface area contributed by atoms with Gasteiger partial charge in [0, 0.05) is 17.7 Å². The first-order valence-electron chi connectivity index (χ1n) is 7.20. The number of nitrogens with zero attached hydrogens (tertiary/aromatic N) is 1. The number of hydrogen-bond donors (Lipinski definition) is 2. The first-order chi connectivity index (χ1) is 9.74. The summed E-state index contributed by atoms with van der Waals surface area (Å²) < 4.78 is 0. The molecule has 6 heteroatoms. The van der Waals surface area contributed by atoms with Crippen LogP contribution in [-0.4, -0.2) is 36.3 Å². The normalized spacial score (nSPS) is 18.9. The molecule has 4 nitrogen and oxygen atoms in total. The molecule has 0 bridgehead atoms. The van der Waals surface area contributed by atoms with E-state index in [1.165, 1.54) is 12.8 Å². The van der Waals surface area contributed by atoms with E-state index in [0.29, 0.717) is 5.75 Å². The largest absolute Gasteiger partial charge is 0.355 e. The second-order valence-corrected chi connectivity index (χ2v) is 7.25. The van der Waals surface area contributed by atoms with Gasteiger partial charge in [-0.3, -0.25) is 4.79 Å². The quantitative estimate of drug-likeness (QED) is 0.810. The van der Waals surface area contributed by atoms with Gasteiger partial charge in [0.1, 0.15) is 0 Å². The molecule has 0 saturated carbocycles. The van der Waals surface area contributed by atoms with Crippen molar-refractivity contribution in [2.24, 2.45) is 5.92 Å². The monoisotopic (exact) mass is 313 g/mol. The van der Waals surface area contributed by atoms with Crippen LogP contribution in [0.5, 0.6) is 0 Å². The van der Waals surface area contributed by atoms with Crippen LogP contribution in [0.3, 0.4) is 0 Å². The summed E-state index contributed by atoms with van der Waals surface area (Å²) in [7, 11) is 0. The van der Waals surface area contributed by atoms with Crippen molar-refractivity contribution in [1.82, 2.24) is 15.6 Å². The minimum Gasteiger partial charge on any atom is -0.355 e. The number of nitrogens with one attached hydrogen (secondary N) is 2. The van der Waals surface area contributed by atoms with Crippen LogP contribution in [0.2, 0.25) is 0 Å². The first-order valence-corrected chi connectivity index (χ1v) is 9.23. The average Bonchev–Trinajstić information content (AvgIpc) is 2.86. The standard InChI is InChI=1S/C14H23N3OS2/c1-11-17-13(9-20-11)8-19-10-14(18)16-6-4-12-3-2-5-15-7-12/h9,12,15H,2-8,10H2,1H3,(H,16,18)/t12-/m1/s1. The van der Waals surface area contributed by atoms with Crippen molar-refractivity contribution in [1.29, 1.82) is 0 Å². The molecule has 2 N–H and O–H groups in total. The predicted octanol–water partition coefficient (Wildman–Crippen LogP) is 2.19. The highest BCUT2D eigenvalue weighted by molar-refractivity contribution is 7.99. The van der Waals surface area contributed by atoms with E-state index in [-0.39, 0.29) is 5.91 Å². The number of thiazole rings is 1. The van der Waals surface area contributed by atoms with Gasteiger partial charge in [-0.25, -0.2) is 4.98 Å². The molecular formula is C14H23N3OS2. The number of hydrogen-bond acceptors (Lipinski definition) is 5. The molecule has 2 rings (SSSR count). The molecule has 20 heavy (non-hydrogen) atoms. The maximum atomic E-state index is 11.7. The van der Waals surface area contributed by atoms with Crippen molar-refractivity contribution < 1.29 is 4.79 Å². The molecule has 1 atom stereocenters. The van der Waals surface area contributed by atoms with Gasteiger partial charge >= 0.3 is 0 Å². The molecule has 0 aliphatic carbocycles. The highest BCUT2D eigenvalue weighted by Gasteiger charge is 2.12. The molecule has 112 valence electrons. The minimum atomic E-state index is 0.144. The van der Waals surface area contributed by atoms with E-state index in [0.717, 1.165) is 48.4 Å². The number of piperidine rings is 1. The van der Waals surface area contributed by atoms with E-state index in [2.05, 4.69) is 21.0 Å². The maximum absolute atomic E-state index is 11.7. The van der Waals surface area contributed by atoms with Crippen molar-refractivity contribution in [2.75, 3.05) is 25.4 Å². The number of aromatic nitrogens is 1. The lowest BCUT2D eigenvalue weighted by molar-refractivity contribution is -0.118. The summed E-state index contributed by atoms with van der Waals surface area (Å²) in [4.78, 5) is 16.1. The lowest BCUT2D eigenvalue weighted by atomic mass is 9.96. The van der Waals surface area contributed by atoms with Crippen molar-refractivity contribution >= 4 is 29.0 Å². The summed E-state index contributed by atoms with van der Waals surface area (Å²) in [5.41, 5.74) is 1.08. The van der Waals surface area contributed by atoms with Crippen LogP contribution in [0.1, 0.15) is 30.0 Å². The molecule has 2 heterocycles. The van der Waals surface area contributed by atoms with Gasteiger partial charge in [-0.15, -0.1) is 23.1 Å². The Morgan fingerprint density at radius 3 is 3.25 bits per heavy atom. The molecule has 1 aliphatic heterocycles. The topological polar surface area (TPSA) is 54.0 Å². The Morgan fingerprint density at radius 1 is 1.65 bits per heavy atom. The van der Waals surface area contributed by atoms with Crippen molar-refractivity contribution in [3.63, 3.8) is 0 Å². The molecule has 0 spiro atoms. The number of thioether (sulfide) groups is 1. The van der Waals surface area contributed by atoms with Crippen LogP contribution in [0.4, 0.5) is 0 Å². The molecule has 1 saturated heterocycles. The third-order valence-electron chi connectivity index (χ3n) is 3.42. The Balaban J connectivity index is 1.51. The van der Waals surface area contributed by atoms with Crippen LogP contribution >= 0.6 is 23.1 Å². The van der Waals surface area contributed by atoms with Gasteiger partial charge in [-0.05, 0) is 45.2 Å². The van der Waals surface area contributed by atoms with E-state index in [4.69, 9.17) is 0 Å². The molecule has 0 radical (unpaired) electrons. The first kappa shape index (κ1) is 15.8. The number of rotatable bonds is 7. The average molecular weight is 313 g/mol. The van der Waals surface area contributed by atoms with Crippen LogP contribution in [-0.2, 0) is 10.5 Å². The van der Waals surface area contributed by atoms with Crippen molar-refractivity contribution in [2.45, 2.75) is 31.9 Å². The number of carbonyl (C=O) groups is 1. The zero-order valence-corrected chi connectivity index (χ0v) is 13.6. The fourth-order valence-corrected chi connectivity index (χ4v) is 3.82. The van der Waals surface area contributed by atoms with E-state index in [9.17, 15) is 4.79 Å². The highest BCUT2D eigenvalue weighted by Crippen LogP contribution is 2.15.